The molecule has 0 aliphatic carbocycles. The van der Waals surface area contributed by atoms with Gasteiger partial charge >= 0.3 is 6.09 Å². The number of nitriles is 1. The van der Waals surface area contributed by atoms with Gasteiger partial charge in [0, 0.05) is 19.3 Å². The van der Waals surface area contributed by atoms with Crippen LogP contribution in [0.3, 0.4) is 0 Å². The normalized spacial score (nSPS) is 13.8. The first-order valence-electron chi connectivity index (χ1n) is 6.48. The molecule has 0 atom stereocenters. The van der Waals surface area contributed by atoms with Crippen LogP contribution < -0.4 is 4.90 Å². The fourth-order valence-electron chi connectivity index (χ4n) is 2.18. The van der Waals surface area contributed by atoms with Crippen molar-refractivity contribution in [3.8, 4) is 6.07 Å². The Morgan fingerprint density at radius 1 is 1.50 bits per heavy atom. The van der Waals surface area contributed by atoms with Crippen molar-refractivity contribution in [2.45, 2.75) is 12.8 Å². The monoisotopic (exact) mass is 478 g/mol. The zero-order valence-electron chi connectivity index (χ0n) is 11.4. The highest BCUT2D eigenvalue weighted by molar-refractivity contribution is 14.1. The van der Waals surface area contributed by atoms with Crippen LogP contribution in [0.5, 0.6) is 0 Å². The number of nitrogens with zero attached hydrogens (tertiary/aromatic N) is 4. The number of likely N-dealkylation sites (tertiary alicyclic amines) is 1. The van der Waals surface area contributed by atoms with Crippen molar-refractivity contribution in [2.24, 2.45) is 0 Å². The van der Waals surface area contributed by atoms with Gasteiger partial charge in [-0.2, -0.15) is 5.26 Å². The van der Waals surface area contributed by atoms with E-state index in [2.05, 4.69) is 20.9 Å². The maximum absolute atomic E-state index is 12.2. The van der Waals surface area contributed by atoms with Gasteiger partial charge in [0.15, 0.2) is 5.82 Å². The third-order valence-electron chi connectivity index (χ3n) is 3.31. The Kier molecular flexibility index (Phi) is 5.57. The molecule has 116 valence electrons. The molecule has 0 saturated carbocycles. The summed E-state index contributed by atoms with van der Waals surface area (Å²) in [5.74, 6) is -0.153. The highest BCUT2D eigenvalue weighted by atomic mass is 127. The van der Waals surface area contributed by atoms with Gasteiger partial charge in [0.25, 0.3) is 0 Å². The molecule has 1 fully saturated rings. The van der Waals surface area contributed by atoms with E-state index in [9.17, 15) is 14.7 Å². The van der Waals surface area contributed by atoms with Gasteiger partial charge in [0.1, 0.15) is 12.6 Å². The number of aromatic nitrogens is 1. The molecule has 1 N–H and O–H groups in total. The number of amides is 2. The highest BCUT2D eigenvalue weighted by Gasteiger charge is 2.27. The highest BCUT2D eigenvalue weighted by Crippen LogP contribution is 2.28. The van der Waals surface area contributed by atoms with E-state index in [0.717, 1.165) is 17.7 Å². The number of rotatable bonds is 3. The SMILES string of the molecule is N#Cc1c(Br)cnc(N(CC(=O)N2CCCC2)C(=O)O)c1I. The van der Waals surface area contributed by atoms with Crippen molar-refractivity contribution >= 4 is 56.3 Å². The minimum Gasteiger partial charge on any atom is -0.465 e. The first-order chi connectivity index (χ1) is 10.5. The molecule has 1 aromatic heterocycles. The van der Waals surface area contributed by atoms with Gasteiger partial charge in [-0.1, -0.05) is 0 Å². The van der Waals surface area contributed by atoms with Crippen molar-refractivity contribution in [1.29, 1.82) is 5.26 Å². The molecule has 22 heavy (non-hydrogen) atoms. The average molecular weight is 479 g/mol. The van der Waals surface area contributed by atoms with E-state index < -0.39 is 6.09 Å². The quantitative estimate of drug-likeness (QED) is 0.673. The van der Waals surface area contributed by atoms with Gasteiger partial charge in [-0.05, 0) is 51.4 Å². The van der Waals surface area contributed by atoms with Crippen LogP contribution in [0.4, 0.5) is 10.6 Å². The molecule has 2 rings (SSSR count). The molecule has 0 bridgehead atoms. The van der Waals surface area contributed by atoms with Crippen LogP contribution in [0.15, 0.2) is 10.7 Å². The molecule has 7 nitrogen and oxygen atoms in total. The summed E-state index contributed by atoms with van der Waals surface area (Å²) >= 11 is 5.07. The second kappa shape index (κ2) is 7.23. The maximum Gasteiger partial charge on any atom is 0.413 e. The van der Waals surface area contributed by atoms with E-state index >= 15 is 0 Å². The van der Waals surface area contributed by atoms with Crippen LogP contribution in [0.2, 0.25) is 0 Å². The summed E-state index contributed by atoms with van der Waals surface area (Å²) in [4.78, 5) is 30.3. The maximum atomic E-state index is 12.2. The average Bonchev–Trinajstić information content (AvgIpc) is 3.00. The number of halogens is 2. The zero-order chi connectivity index (χ0) is 16.3. The second-order valence-electron chi connectivity index (χ2n) is 4.69. The number of hydrogen-bond acceptors (Lipinski definition) is 4. The van der Waals surface area contributed by atoms with Gasteiger partial charge in [0.2, 0.25) is 5.91 Å². The number of carbonyl (C=O) groups is 2. The molecular weight excluding hydrogens is 467 g/mol. The van der Waals surface area contributed by atoms with Gasteiger partial charge < -0.3 is 10.0 Å². The van der Waals surface area contributed by atoms with E-state index in [-0.39, 0.29) is 18.3 Å². The second-order valence-corrected chi connectivity index (χ2v) is 6.62. The Balaban J connectivity index is 2.31. The van der Waals surface area contributed by atoms with E-state index in [1.807, 2.05) is 28.7 Å². The molecule has 2 amide bonds. The van der Waals surface area contributed by atoms with Crippen LogP contribution in [0.1, 0.15) is 18.4 Å². The molecule has 1 saturated heterocycles. The van der Waals surface area contributed by atoms with Gasteiger partial charge in [-0.15, -0.1) is 0 Å². The van der Waals surface area contributed by atoms with Crippen molar-refractivity contribution in [1.82, 2.24) is 9.88 Å². The third kappa shape index (κ3) is 3.49. The fourth-order valence-corrected chi connectivity index (χ4v) is 3.78. The van der Waals surface area contributed by atoms with Gasteiger partial charge in [-0.25, -0.2) is 9.78 Å². The lowest BCUT2D eigenvalue weighted by Crippen LogP contribution is -2.42. The van der Waals surface area contributed by atoms with Crippen LogP contribution in [-0.4, -0.2) is 46.6 Å². The standard InChI is InChI=1S/C13H12BrIN4O3/c14-9-6-17-12(11(15)8(9)5-16)19(13(21)22)7-10(20)18-3-1-2-4-18/h6H,1-4,7H2,(H,21,22). The lowest BCUT2D eigenvalue weighted by Gasteiger charge is -2.23. The largest absolute Gasteiger partial charge is 0.465 e. The topological polar surface area (TPSA) is 97.5 Å². The number of carboxylic acid groups (broad SMARTS) is 1. The molecule has 2 heterocycles. The number of anilines is 1. The molecule has 0 unspecified atom stereocenters. The summed E-state index contributed by atoms with van der Waals surface area (Å²) in [6.07, 6.45) is 1.97. The van der Waals surface area contributed by atoms with Crippen molar-refractivity contribution in [2.75, 3.05) is 24.5 Å². The predicted molar refractivity (Wildman–Crippen MR) is 90.6 cm³/mol. The molecule has 1 aliphatic rings. The smallest absolute Gasteiger partial charge is 0.413 e. The third-order valence-corrected chi connectivity index (χ3v) is 4.93. The Morgan fingerprint density at radius 2 is 2.14 bits per heavy atom. The molecule has 9 heteroatoms. The van der Waals surface area contributed by atoms with E-state index in [1.165, 1.54) is 6.20 Å². The summed E-state index contributed by atoms with van der Waals surface area (Å²) in [6, 6.07) is 2.00. The van der Waals surface area contributed by atoms with Gasteiger partial charge in [0.05, 0.1) is 13.6 Å². The van der Waals surface area contributed by atoms with Crippen LogP contribution >= 0.6 is 38.5 Å². The summed E-state index contributed by atoms with van der Waals surface area (Å²) in [6.45, 7) is 1.01. The van der Waals surface area contributed by atoms with Crippen LogP contribution in [-0.2, 0) is 4.79 Å². The van der Waals surface area contributed by atoms with Gasteiger partial charge in [-0.3, -0.25) is 9.69 Å². The molecule has 0 spiro atoms. The summed E-state index contributed by atoms with van der Waals surface area (Å²) in [7, 11) is 0. The summed E-state index contributed by atoms with van der Waals surface area (Å²) in [5.41, 5.74) is 0.297. The number of pyridine rings is 1. The Hall–Kier alpha value is -1.41. The fraction of sp³-hybridized carbons (Fsp3) is 0.385. The van der Waals surface area contributed by atoms with E-state index in [0.29, 0.717) is 26.7 Å². The van der Waals surface area contributed by atoms with Crippen molar-refractivity contribution in [3.05, 3.63) is 19.8 Å². The summed E-state index contributed by atoms with van der Waals surface area (Å²) < 4.78 is 0.880. The lowest BCUT2D eigenvalue weighted by molar-refractivity contribution is -0.128. The molecule has 1 aromatic rings. The number of hydrogen-bond donors (Lipinski definition) is 1. The van der Waals surface area contributed by atoms with E-state index in [1.54, 1.807) is 4.90 Å². The molecule has 0 radical (unpaired) electrons. The Morgan fingerprint density at radius 3 is 2.68 bits per heavy atom. The Labute approximate surface area is 149 Å². The van der Waals surface area contributed by atoms with E-state index in [4.69, 9.17) is 5.26 Å². The van der Waals surface area contributed by atoms with Crippen molar-refractivity contribution in [3.63, 3.8) is 0 Å². The minimum absolute atomic E-state index is 0.0976. The lowest BCUT2D eigenvalue weighted by atomic mass is 10.3. The summed E-state index contributed by atoms with van der Waals surface area (Å²) in [5, 5.41) is 18.5. The molecular formula is C13H12BrIN4O3. The van der Waals surface area contributed by atoms with Crippen molar-refractivity contribution < 1.29 is 14.7 Å². The van der Waals surface area contributed by atoms with Crippen LogP contribution in [0, 0.1) is 14.9 Å². The molecule has 1 aliphatic heterocycles. The zero-order valence-corrected chi connectivity index (χ0v) is 15.2. The Bertz CT molecular complexity index is 655. The first-order valence-corrected chi connectivity index (χ1v) is 8.35. The number of carbonyl (C=O) groups excluding carboxylic acids is 1. The predicted octanol–water partition coefficient (Wildman–Crippen LogP) is 2.43. The first kappa shape index (κ1) is 17.0. The van der Waals surface area contributed by atoms with Crippen LogP contribution in [0.25, 0.3) is 0 Å². The molecule has 0 aromatic carbocycles. The minimum atomic E-state index is -1.27.